The Kier molecular flexibility index (Phi) is 4.98. The van der Waals surface area contributed by atoms with Gasteiger partial charge in [0.25, 0.3) is 0 Å². The van der Waals surface area contributed by atoms with Crippen molar-refractivity contribution >= 4 is 33.7 Å². The Labute approximate surface area is 201 Å². The van der Waals surface area contributed by atoms with E-state index in [4.69, 9.17) is 0 Å². The second-order valence-electron chi connectivity index (χ2n) is 9.10. The summed E-state index contributed by atoms with van der Waals surface area (Å²) in [5, 5.41) is 0.958. The topological polar surface area (TPSA) is 102 Å². The minimum atomic E-state index is -0.127. The van der Waals surface area contributed by atoms with Crippen molar-refractivity contribution in [2.24, 2.45) is 7.05 Å². The van der Waals surface area contributed by atoms with Gasteiger partial charge in [-0.25, -0.2) is 19.7 Å². The second kappa shape index (κ2) is 8.19. The van der Waals surface area contributed by atoms with Crippen LogP contribution >= 0.6 is 0 Å². The van der Waals surface area contributed by atoms with Crippen LogP contribution in [0.15, 0.2) is 59.9 Å². The molecule has 1 aliphatic heterocycles. The summed E-state index contributed by atoms with van der Waals surface area (Å²) in [4.78, 5) is 44.0. The highest BCUT2D eigenvalue weighted by atomic mass is 16.1. The number of aromatic amines is 1. The SMILES string of the molecule is Cc1cccc2c1c(C(=O)c1cc(N3CCC(n4c(=O)[nH]c5ncccc54)CC3)ncn1)cn2C. The zero-order valence-corrected chi connectivity index (χ0v) is 19.6. The van der Waals surface area contributed by atoms with Gasteiger partial charge < -0.3 is 9.47 Å². The maximum absolute atomic E-state index is 13.5. The number of nitrogens with zero attached hydrogens (tertiary/aromatic N) is 6. The maximum Gasteiger partial charge on any atom is 0.327 e. The first-order chi connectivity index (χ1) is 17.0. The first kappa shape index (κ1) is 21.3. The van der Waals surface area contributed by atoms with Crippen LogP contribution in [0.2, 0.25) is 0 Å². The average Bonchev–Trinajstić information content (AvgIpc) is 3.40. The van der Waals surface area contributed by atoms with E-state index in [0.717, 1.165) is 53.7 Å². The number of H-pyrrole nitrogens is 1. The molecule has 0 bridgehead atoms. The molecule has 0 radical (unpaired) electrons. The van der Waals surface area contributed by atoms with Gasteiger partial charge in [0.05, 0.1) is 5.52 Å². The van der Waals surface area contributed by atoms with E-state index in [2.05, 4.69) is 24.8 Å². The smallest absolute Gasteiger partial charge is 0.327 e. The number of rotatable bonds is 4. The summed E-state index contributed by atoms with van der Waals surface area (Å²) in [6, 6.07) is 11.7. The molecule has 1 fully saturated rings. The molecule has 176 valence electrons. The number of imidazole rings is 1. The van der Waals surface area contributed by atoms with Crippen molar-refractivity contribution in [1.82, 2.24) is 29.1 Å². The highest BCUT2D eigenvalue weighted by Crippen LogP contribution is 2.29. The molecule has 9 nitrogen and oxygen atoms in total. The van der Waals surface area contributed by atoms with E-state index in [1.165, 1.54) is 6.33 Å². The first-order valence-corrected chi connectivity index (χ1v) is 11.7. The summed E-state index contributed by atoms with van der Waals surface area (Å²) in [6.45, 7) is 3.47. The zero-order valence-electron chi connectivity index (χ0n) is 19.6. The van der Waals surface area contributed by atoms with Crippen molar-refractivity contribution in [2.45, 2.75) is 25.8 Å². The summed E-state index contributed by atoms with van der Waals surface area (Å²) in [6.07, 6.45) is 6.59. The van der Waals surface area contributed by atoms with Crippen LogP contribution in [0.1, 0.15) is 40.5 Å². The number of nitrogens with one attached hydrogen (secondary N) is 1. The van der Waals surface area contributed by atoms with Crippen molar-refractivity contribution in [3.05, 3.63) is 82.4 Å². The summed E-state index contributed by atoms with van der Waals surface area (Å²) < 4.78 is 3.79. The number of anilines is 1. The summed E-state index contributed by atoms with van der Waals surface area (Å²) >= 11 is 0. The Bertz CT molecular complexity index is 1640. The van der Waals surface area contributed by atoms with Gasteiger partial charge in [-0.2, -0.15) is 0 Å². The van der Waals surface area contributed by atoms with E-state index in [-0.39, 0.29) is 17.5 Å². The molecular formula is C26H25N7O2. The number of aryl methyl sites for hydroxylation is 2. The molecule has 0 unspecified atom stereocenters. The monoisotopic (exact) mass is 467 g/mol. The third-order valence-electron chi connectivity index (χ3n) is 7.00. The lowest BCUT2D eigenvalue weighted by molar-refractivity contribution is 0.103. The van der Waals surface area contributed by atoms with E-state index in [1.54, 1.807) is 12.3 Å². The lowest BCUT2D eigenvalue weighted by Gasteiger charge is -2.33. The van der Waals surface area contributed by atoms with Crippen LogP contribution in [0.25, 0.3) is 22.1 Å². The lowest BCUT2D eigenvalue weighted by Crippen LogP contribution is -2.37. The number of fused-ring (bicyclic) bond motifs is 2. The zero-order chi connectivity index (χ0) is 24.1. The van der Waals surface area contributed by atoms with Gasteiger partial charge in [0.2, 0.25) is 5.78 Å². The minimum absolute atomic E-state index is 0.0818. The minimum Gasteiger partial charge on any atom is -0.356 e. The highest BCUT2D eigenvalue weighted by Gasteiger charge is 2.26. The molecule has 0 aliphatic carbocycles. The third-order valence-corrected chi connectivity index (χ3v) is 7.00. The van der Waals surface area contributed by atoms with Crippen LogP contribution in [-0.2, 0) is 7.05 Å². The van der Waals surface area contributed by atoms with Crippen LogP contribution in [0.5, 0.6) is 0 Å². The largest absolute Gasteiger partial charge is 0.356 e. The van der Waals surface area contributed by atoms with Crippen molar-refractivity contribution in [2.75, 3.05) is 18.0 Å². The normalized spacial score (nSPS) is 14.7. The van der Waals surface area contributed by atoms with Crippen molar-refractivity contribution in [3.63, 3.8) is 0 Å². The quantitative estimate of drug-likeness (QED) is 0.407. The number of benzene rings is 1. The summed E-state index contributed by atoms with van der Waals surface area (Å²) in [5.74, 6) is 0.618. The highest BCUT2D eigenvalue weighted by molar-refractivity contribution is 6.16. The van der Waals surface area contributed by atoms with Gasteiger partial charge in [0.15, 0.2) is 5.65 Å². The van der Waals surface area contributed by atoms with E-state index in [9.17, 15) is 9.59 Å². The molecule has 0 spiro atoms. The number of hydrogen-bond donors (Lipinski definition) is 1. The van der Waals surface area contributed by atoms with Gasteiger partial charge in [0, 0.05) is 61.1 Å². The fraction of sp³-hybridized carbons (Fsp3) is 0.269. The van der Waals surface area contributed by atoms with Crippen molar-refractivity contribution in [1.29, 1.82) is 0 Å². The van der Waals surface area contributed by atoms with Crippen molar-refractivity contribution < 1.29 is 4.79 Å². The summed E-state index contributed by atoms with van der Waals surface area (Å²) in [7, 11) is 1.95. The van der Waals surface area contributed by atoms with Crippen LogP contribution < -0.4 is 10.6 Å². The fourth-order valence-corrected chi connectivity index (χ4v) is 5.25. The molecule has 0 atom stereocenters. The lowest BCUT2D eigenvalue weighted by atomic mass is 10.0. The number of aromatic nitrogens is 6. The van der Waals surface area contributed by atoms with E-state index >= 15 is 0 Å². The van der Waals surface area contributed by atoms with Crippen LogP contribution in [0.4, 0.5) is 5.82 Å². The molecule has 1 saturated heterocycles. The van der Waals surface area contributed by atoms with Crippen LogP contribution in [-0.4, -0.2) is 47.9 Å². The standard InChI is InChI=1S/C26H25N7O2/c1-16-5-3-6-20-23(16)18(14-31(20)2)24(34)19-13-22(29-15-28-19)32-11-8-17(9-12-32)33-21-7-4-10-27-25(21)30-26(33)35/h3-7,10,13-15,17H,8-9,11-12H2,1-2H3,(H,27,30,35). The number of pyridine rings is 1. The van der Waals surface area contributed by atoms with Gasteiger partial charge >= 0.3 is 5.69 Å². The molecule has 5 aromatic rings. The first-order valence-electron chi connectivity index (χ1n) is 11.7. The van der Waals surface area contributed by atoms with Gasteiger partial charge in [-0.1, -0.05) is 12.1 Å². The molecule has 9 heteroatoms. The molecule has 0 saturated carbocycles. The van der Waals surface area contributed by atoms with Gasteiger partial charge in [-0.05, 0) is 43.5 Å². The van der Waals surface area contributed by atoms with Crippen molar-refractivity contribution in [3.8, 4) is 0 Å². The predicted octanol–water partition coefficient (Wildman–Crippen LogP) is 3.39. The molecule has 35 heavy (non-hydrogen) atoms. The Morgan fingerprint density at radius 2 is 1.86 bits per heavy atom. The molecule has 0 amide bonds. The molecule has 1 N–H and O–H groups in total. The fourth-order valence-electron chi connectivity index (χ4n) is 5.25. The molecular weight excluding hydrogens is 442 g/mol. The number of piperidine rings is 1. The van der Waals surface area contributed by atoms with Gasteiger partial charge in [0.1, 0.15) is 17.8 Å². The number of ketones is 1. The molecule has 4 aromatic heterocycles. The Balaban J connectivity index is 1.25. The molecule has 5 heterocycles. The van der Waals surface area contributed by atoms with Gasteiger partial charge in [-0.3, -0.25) is 14.3 Å². The Hall–Kier alpha value is -4.27. The average molecular weight is 468 g/mol. The Morgan fingerprint density at radius 1 is 1.06 bits per heavy atom. The van der Waals surface area contributed by atoms with E-state index in [1.807, 2.05) is 59.6 Å². The maximum atomic E-state index is 13.5. The van der Waals surface area contributed by atoms with Crippen LogP contribution in [0, 0.1) is 6.92 Å². The van der Waals surface area contributed by atoms with E-state index < -0.39 is 0 Å². The molecule has 6 rings (SSSR count). The predicted molar refractivity (Wildman–Crippen MR) is 134 cm³/mol. The molecule has 1 aromatic carbocycles. The third kappa shape index (κ3) is 3.51. The molecule has 1 aliphatic rings. The number of hydrogen-bond acceptors (Lipinski definition) is 6. The van der Waals surface area contributed by atoms with Crippen LogP contribution in [0.3, 0.4) is 0 Å². The second-order valence-corrected chi connectivity index (χ2v) is 9.10. The summed E-state index contributed by atoms with van der Waals surface area (Å²) in [5.41, 5.74) is 4.43. The van der Waals surface area contributed by atoms with Gasteiger partial charge in [-0.15, -0.1) is 0 Å². The van der Waals surface area contributed by atoms with E-state index in [0.29, 0.717) is 16.9 Å². The Morgan fingerprint density at radius 3 is 2.69 bits per heavy atom. The number of carbonyl (C=O) groups excluding carboxylic acids is 1. The number of carbonyl (C=O) groups is 1.